The molecule has 4 aliphatic heterocycles. The van der Waals surface area contributed by atoms with Crippen molar-refractivity contribution < 1.29 is 33.8 Å². The highest BCUT2D eigenvalue weighted by Gasteiger charge is 2.72. The van der Waals surface area contributed by atoms with Crippen molar-refractivity contribution in [2.45, 2.75) is 69.2 Å². The van der Waals surface area contributed by atoms with Crippen LogP contribution in [0.1, 0.15) is 43.9 Å². The van der Waals surface area contributed by atoms with Crippen LogP contribution in [0, 0.1) is 11.8 Å². The van der Waals surface area contributed by atoms with Crippen LogP contribution in [0.4, 0.5) is 0 Å². The van der Waals surface area contributed by atoms with Crippen LogP contribution in [0.2, 0.25) is 0 Å². The van der Waals surface area contributed by atoms with Gasteiger partial charge in [0.05, 0.1) is 30.7 Å². The van der Waals surface area contributed by atoms with Gasteiger partial charge in [-0.3, -0.25) is 19.2 Å². The molecule has 0 bridgehead atoms. The van der Waals surface area contributed by atoms with Crippen LogP contribution in [-0.4, -0.2) is 81.6 Å². The Kier molecular flexibility index (Phi) is 8.61. The molecule has 0 aromatic heterocycles. The maximum Gasteiger partial charge on any atom is 0.313 e. The quantitative estimate of drug-likeness (QED) is 0.393. The van der Waals surface area contributed by atoms with Crippen molar-refractivity contribution in [1.29, 1.82) is 0 Å². The summed E-state index contributed by atoms with van der Waals surface area (Å²) in [5, 5.41) is 13.2. The molecule has 4 aliphatic rings. The number of benzene rings is 2. The Labute approximate surface area is 262 Å². The zero-order chi connectivity index (χ0) is 31.7. The van der Waals surface area contributed by atoms with Crippen molar-refractivity contribution >= 4 is 23.7 Å². The Morgan fingerprint density at radius 1 is 1.00 bits per heavy atom. The largest absolute Gasteiger partial charge is 0.455 e. The highest BCUT2D eigenvalue weighted by molar-refractivity contribution is 5.99. The molecule has 2 N–H and O–H groups in total. The van der Waals surface area contributed by atoms with Gasteiger partial charge in [0.15, 0.2) is 0 Å². The van der Waals surface area contributed by atoms with Crippen molar-refractivity contribution in [2.24, 2.45) is 11.8 Å². The minimum Gasteiger partial charge on any atom is -0.455 e. The van der Waals surface area contributed by atoms with E-state index in [4.69, 9.17) is 9.47 Å². The molecule has 1 spiro atoms. The summed E-state index contributed by atoms with van der Waals surface area (Å²) in [5.41, 5.74) is 0.162. The standard InChI is InChI=1S/C35H39N3O7/c1-22(21-39)38-31-33(42)37(20-24-12-5-3-6-13-24)19-11-18-35(31)29(32(38)41)28-26(45-35)16-9-10-17-27(40)36-23(2)30(44-34(28)43)25-14-7-4-8-15-25/h3-9,11-16,18,22-23,26,28-31,39H,10,17,19-21H2,1-2H3,(H,36,40)/b16-9-/t22-,23+,26+,28-,29-,30-,31+,35-/m1/s1. The normalized spacial score (nSPS) is 33.1. The predicted molar refractivity (Wildman–Crippen MR) is 164 cm³/mol. The van der Waals surface area contributed by atoms with Gasteiger partial charge in [-0.25, -0.2) is 0 Å². The molecule has 236 valence electrons. The molecule has 0 saturated carbocycles. The van der Waals surface area contributed by atoms with Crippen LogP contribution >= 0.6 is 0 Å². The zero-order valence-electron chi connectivity index (χ0n) is 25.5. The Balaban J connectivity index is 1.42. The second-order valence-corrected chi connectivity index (χ2v) is 12.3. The molecular formula is C35H39N3O7. The summed E-state index contributed by atoms with van der Waals surface area (Å²) >= 11 is 0. The number of nitrogens with zero attached hydrogens (tertiary/aromatic N) is 2. The molecule has 3 amide bonds. The molecule has 2 fully saturated rings. The van der Waals surface area contributed by atoms with Crippen LogP contribution < -0.4 is 5.32 Å². The van der Waals surface area contributed by atoms with Crippen molar-refractivity contribution in [3.63, 3.8) is 0 Å². The van der Waals surface area contributed by atoms with E-state index in [2.05, 4.69) is 5.32 Å². The fourth-order valence-electron chi connectivity index (χ4n) is 7.20. The Morgan fingerprint density at radius 3 is 2.42 bits per heavy atom. The first-order valence-corrected chi connectivity index (χ1v) is 15.6. The van der Waals surface area contributed by atoms with Crippen molar-refractivity contribution in [1.82, 2.24) is 15.1 Å². The summed E-state index contributed by atoms with van der Waals surface area (Å²) < 4.78 is 12.9. The summed E-state index contributed by atoms with van der Waals surface area (Å²) in [7, 11) is 0. The van der Waals surface area contributed by atoms with Gasteiger partial charge in [-0.05, 0) is 31.4 Å². The van der Waals surface area contributed by atoms with Crippen LogP contribution in [0.5, 0.6) is 0 Å². The van der Waals surface area contributed by atoms with Gasteiger partial charge >= 0.3 is 5.97 Å². The number of amides is 3. The summed E-state index contributed by atoms with van der Waals surface area (Å²) in [6.07, 6.45) is 6.00. The maximum atomic E-state index is 14.4. The number of nitrogens with one attached hydrogen (secondary N) is 1. The van der Waals surface area contributed by atoms with E-state index in [0.29, 0.717) is 18.5 Å². The highest BCUT2D eigenvalue weighted by Crippen LogP contribution is 2.54. The number of carbonyl (C=O) groups is 4. The summed E-state index contributed by atoms with van der Waals surface area (Å²) in [6, 6.07) is 16.4. The second kappa shape index (κ2) is 12.6. The minimum atomic E-state index is -1.47. The number of ether oxygens (including phenoxy) is 2. The number of carbonyl (C=O) groups excluding carboxylic acids is 4. The molecule has 4 heterocycles. The average Bonchev–Trinajstić information content (AvgIpc) is 3.44. The van der Waals surface area contributed by atoms with Gasteiger partial charge < -0.3 is 29.7 Å². The number of aliphatic hydroxyl groups excluding tert-OH is 1. The molecule has 10 heteroatoms. The monoisotopic (exact) mass is 613 g/mol. The smallest absolute Gasteiger partial charge is 0.313 e. The topological polar surface area (TPSA) is 125 Å². The summed E-state index contributed by atoms with van der Waals surface area (Å²) in [6.45, 7) is 3.71. The highest BCUT2D eigenvalue weighted by atomic mass is 16.6. The minimum absolute atomic E-state index is 0.177. The third-order valence-corrected chi connectivity index (χ3v) is 9.32. The van der Waals surface area contributed by atoms with E-state index in [9.17, 15) is 24.3 Å². The lowest BCUT2D eigenvalue weighted by Gasteiger charge is -2.37. The number of esters is 1. The molecule has 2 aromatic rings. The summed E-state index contributed by atoms with van der Waals surface area (Å²) in [5.74, 6) is -3.73. The third kappa shape index (κ3) is 5.57. The van der Waals surface area contributed by atoms with Crippen LogP contribution in [0.3, 0.4) is 0 Å². The number of aliphatic hydroxyl groups is 1. The lowest BCUT2D eigenvalue weighted by atomic mass is 9.77. The van der Waals surface area contributed by atoms with Gasteiger partial charge in [0.2, 0.25) is 17.7 Å². The number of allylic oxidation sites excluding steroid dienone is 1. The molecule has 2 saturated heterocycles. The van der Waals surface area contributed by atoms with Crippen LogP contribution in [0.25, 0.3) is 0 Å². The third-order valence-electron chi connectivity index (χ3n) is 9.32. The maximum absolute atomic E-state index is 14.4. The fraction of sp³-hybridized carbons (Fsp3) is 0.429. The molecular weight excluding hydrogens is 574 g/mol. The van der Waals surface area contributed by atoms with E-state index in [0.717, 1.165) is 5.56 Å². The van der Waals surface area contributed by atoms with Gasteiger partial charge in [0.25, 0.3) is 0 Å². The first-order chi connectivity index (χ1) is 21.7. The Bertz CT molecular complexity index is 1500. The average molecular weight is 614 g/mol. The van der Waals surface area contributed by atoms with Crippen LogP contribution in [0.15, 0.2) is 85.0 Å². The zero-order valence-corrected chi connectivity index (χ0v) is 25.5. The molecule has 0 aliphatic carbocycles. The molecule has 0 unspecified atom stereocenters. The Morgan fingerprint density at radius 2 is 1.71 bits per heavy atom. The summed E-state index contributed by atoms with van der Waals surface area (Å²) in [4.78, 5) is 59.0. The van der Waals surface area contributed by atoms with E-state index >= 15 is 0 Å². The molecule has 6 rings (SSSR count). The van der Waals surface area contributed by atoms with E-state index in [1.165, 1.54) is 4.90 Å². The number of hydrogen-bond donors (Lipinski definition) is 2. The van der Waals surface area contributed by atoms with Crippen LogP contribution in [-0.2, 0) is 35.2 Å². The lowest BCUT2D eigenvalue weighted by molar-refractivity contribution is -0.162. The van der Waals surface area contributed by atoms with Gasteiger partial charge in [-0.1, -0.05) is 85.0 Å². The number of fused-ring (bicyclic) bond motifs is 2. The predicted octanol–water partition coefficient (Wildman–Crippen LogP) is 2.69. The molecule has 45 heavy (non-hydrogen) atoms. The number of cyclic esters (lactones) is 1. The van der Waals surface area contributed by atoms with E-state index in [1.807, 2.05) is 66.7 Å². The van der Waals surface area contributed by atoms with Gasteiger partial charge in [0.1, 0.15) is 23.7 Å². The van der Waals surface area contributed by atoms with E-state index in [-0.39, 0.29) is 31.4 Å². The lowest BCUT2D eigenvalue weighted by Crippen LogP contribution is -2.57. The van der Waals surface area contributed by atoms with Crippen molar-refractivity contribution in [3.05, 3.63) is 96.1 Å². The molecule has 10 nitrogen and oxygen atoms in total. The molecule has 8 atom stereocenters. The first kappa shape index (κ1) is 30.7. The number of hydrogen-bond acceptors (Lipinski definition) is 7. The molecule has 2 aromatic carbocycles. The fourth-order valence-corrected chi connectivity index (χ4v) is 7.20. The van der Waals surface area contributed by atoms with E-state index < -0.39 is 59.6 Å². The number of likely N-dealkylation sites (tertiary alicyclic amines) is 1. The second-order valence-electron chi connectivity index (χ2n) is 12.3. The van der Waals surface area contributed by atoms with Gasteiger partial charge in [-0.15, -0.1) is 0 Å². The molecule has 0 radical (unpaired) electrons. The number of rotatable bonds is 5. The first-order valence-electron chi connectivity index (χ1n) is 15.6. The van der Waals surface area contributed by atoms with Crippen molar-refractivity contribution in [3.8, 4) is 0 Å². The van der Waals surface area contributed by atoms with E-state index in [1.54, 1.807) is 37.0 Å². The Hall–Kier alpha value is -4.28. The van der Waals surface area contributed by atoms with Crippen molar-refractivity contribution in [2.75, 3.05) is 13.2 Å². The van der Waals surface area contributed by atoms with Gasteiger partial charge in [0, 0.05) is 19.5 Å². The van der Waals surface area contributed by atoms with Gasteiger partial charge in [-0.2, -0.15) is 0 Å². The SMILES string of the molecule is C[C@@H]1NC(=O)CC/C=C\[C@@H]2O[C@@]34C=CCN(Cc5ccccc5)C(=O)[C@@H]3N([C@H](C)CO)C(=O)[C@H]4[C@@H]2C(=O)O[C@H]1c1ccccc1.